The lowest BCUT2D eigenvalue weighted by Gasteiger charge is -2.06. The molecule has 0 saturated heterocycles. The number of carboxylic acids is 1. The number of aromatic carboxylic acids is 1. The van der Waals surface area contributed by atoms with Gasteiger partial charge in [-0.3, -0.25) is 0 Å². The smallest absolute Gasteiger partial charge is 0.371 e. The summed E-state index contributed by atoms with van der Waals surface area (Å²) in [5.41, 5.74) is 1.50. The lowest BCUT2D eigenvalue weighted by Crippen LogP contribution is -1.94. The third-order valence-electron chi connectivity index (χ3n) is 2.99. The van der Waals surface area contributed by atoms with Crippen LogP contribution in [-0.4, -0.2) is 11.1 Å². The standard InChI is InChI=1S/C16H11BrO4/c17-12-2-1-3-13(8-12)20-9-10-4-5-14-11(6-10)7-15(21-14)16(18)19/h1-8H,9H2,(H,18,19). The molecule has 0 bridgehead atoms. The summed E-state index contributed by atoms with van der Waals surface area (Å²) in [5.74, 6) is -0.365. The van der Waals surface area contributed by atoms with Gasteiger partial charge in [0.1, 0.15) is 17.9 Å². The molecule has 0 amide bonds. The molecule has 1 heterocycles. The van der Waals surface area contributed by atoms with Gasteiger partial charge in [-0.2, -0.15) is 0 Å². The number of halogens is 1. The van der Waals surface area contributed by atoms with E-state index in [4.69, 9.17) is 14.3 Å². The molecular weight excluding hydrogens is 336 g/mol. The minimum absolute atomic E-state index is 0.0601. The lowest BCUT2D eigenvalue weighted by molar-refractivity contribution is 0.0665. The van der Waals surface area contributed by atoms with E-state index in [1.807, 2.05) is 36.4 Å². The summed E-state index contributed by atoms with van der Waals surface area (Å²) in [6.07, 6.45) is 0. The first-order valence-corrected chi connectivity index (χ1v) is 7.05. The van der Waals surface area contributed by atoms with E-state index < -0.39 is 5.97 Å². The van der Waals surface area contributed by atoms with Gasteiger partial charge in [-0.15, -0.1) is 0 Å². The normalized spacial score (nSPS) is 10.7. The Morgan fingerprint density at radius 2 is 2.05 bits per heavy atom. The Kier molecular flexibility index (Phi) is 3.66. The molecule has 4 nitrogen and oxygen atoms in total. The number of carboxylic acid groups (broad SMARTS) is 1. The Bertz CT molecular complexity index is 807. The first-order chi connectivity index (χ1) is 10.1. The van der Waals surface area contributed by atoms with Crippen LogP contribution in [0.5, 0.6) is 5.75 Å². The van der Waals surface area contributed by atoms with Crippen LogP contribution < -0.4 is 4.74 Å². The van der Waals surface area contributed by atoms with Crippen molar-refractivity contribution in [3.8, 4) is 5.75 Å². The lowest BCUT2D eigenvalue weighted by atomic mass is 10.1. The number of ether oxygens (including phenoxy) is 1. The minimum atomic E-state index is -1.07. The van der Waals surface area contributed by atoms with Crippen molar-refractivity contribution in [3.63, 3.8) is 0 Å². The monoisotopic (exact) mass is 346 g/mol. The van der Waals surface area contributed by atoms with Gasteiger partial charge < -0.3 is 14.3 Å². The zero-order valence-corrected chi connectivity index (χ0v) is 12.5. The van der Waals surface area contributed by atoms with E-state index in [-0.39, 0.29) is 5.76 Å². The van der Waals surface area contributed by atoms with Crippen molar-refractivity contribution in [1.82, 2.24) is 0 Å². The zero-order chi connectivity index (χ0) is 14.8. The SMILES string of the molecule is O=C(O)c1cc2cc(COc3cccc(Br)c3)ccc2o1. The van der Waals surface area contributed by atoms with Crippen molar-refractivity contribution in [3.05, 3.63) is 64.3 Å². The molecule has 1 N–H and O–H groups in total. The van der Waals surface area contributed by atoms with Crippen molar-refractivity contribution in [2.24, 2.45) is 0 Å². The van der Waals surface area contributed by atoms with Crippen molar-refractivity contribution in [1.29, 1.82) is 0 Å². The average molecular weight is 347 g/mol. The third-order valence-corrected chi connectivity index (χ3v) is 3.49. The van der Waals surface area contributed by atoms with Crippen LogP contribution >= 0.6 is 15.9 Å². The van der Waals surface area contributed by atoms with E-state index >= 15 is 0 Å². The molecule has 1 aromatic heterocycles. The average Bonchev–Trinajstić information content (AvgIpc) is 2.88. The number of carbonyl (C=O) groups is 1. The highest BCUT2D eigenvalue weighted by atomic mass is 79.9. The third kappa shape index (κ3) is 3.08. The highest BCUT2D eigenvalue weighted by Crippen LogP contribution is 2.23. The van der Waals surface area contributed by atoms with E-state index in [0.29, 0.717) is 12.2 Å². The summed E-state index contributed by atoms with van der Waals surface area (Å²) in [6, 6.07) is 14.6. The Hall–Kier alpha value is -2.27. The van der Waals surface area contributed by atoms with Crippen molar-refractivity contribution in [2.75, 3.05) is 0 Å². The Labute approximate surface area is 129 Å². The second kappa shape index (κ2) is 5.61. The van der Waals surface area contributed by atoms with Crippen molar-refractivity contribution >= 4 is 32.9 Å². The predicted octanol–water partition coefficient (Wildman–Crippen LogP) is 4.47. The van der Waals surface area contributed by atoms with E-state index in [1.165, 1.54) is 6.07 Å². The topological polar surface area (TPSA) is 59.7 Å². The van der Waals surface area contributed by atoms with Crippen LogP contribution in [0.3, 0.4) is 0 Å². The van der Waals surface area contributed by atoms with Crippen molar-refractivity contribution < 1.29 is 19.1 Å². The van der Waals surface area contributed by atoms with Gasteiger partial charge >= 0.3 is 5.97 Å². The molecule has 0 aliphatic carbocycles. The van der Waals surface area contributed by atoms with Gasteiger partial charge in [0.15, 0.2) is 0 Å². The number of fused-ring (bicyclic) bond motifs is 1. The summed E-state index contributed by atoms with van der Waals surface area (Å²) in [4.78, 5) is 10.9. The number of rotatable bonds is 4. The first-order valence-electron chi connectivity index (χ1n) is 6.26. The summed E-state index contributed by atoms with van der Waals surface area (Å²) >= 11 is 3.39. The van der Waals surface area contributed by atoms with Gasteiger partial charge in [-0.05, 0) is 42.0 Å². The van der Waals surface area contributed by atoms with Gasteiger partial charge in [0.25, 0.3) is 0 Å². The largest absolute Gasteiger partial charge is 0.489 e. The van der Waals surface area contributed by atoms with Crippen LogP contribution in [0.15, 0.2) is 57.4 Å². The first kappa shape index (κ1) is 13.7. The Morgan fingerprint density at radius 1 is 1.19 bits per heavy atom. The molecule has 0 spiro atoms. The van der Waals surface area contributed by atoms with Crippen LogP contribution in [0.2, 0.25) is 0 Å². The molecule has 0 aliphatic heterocycles. The quantitative estimate of drug-likeness (QED) is 0.756. The van der Waals surface area contributed by atoms with Gasteiger partial charge in [-0.25, -0.2) is 4.79 Å². The predicted molar refractivity (Wildman–Crippen MR) is 81.6 cm³/mol. The van der Waals surface area contributed by atoms with Gasteiger partial charge in [0, 0.05) is 9.86 Å². The van der Waals surface area contributed by atoms with E-state index in [2.05, 4.69) is 15.9 Å². The van der Waals surface area contributed by atoms with Gasteiger partial charge in [0.05, 0.1) is 0 Å². The van der Waals surface area contributed by atoms with Crippen LogP contribution in [-0.2, 0) is 6.61 Å². The molecular formula is C16H11BrO4. The summed E-state index contributed by atoms with van der Waals surface area (Å²) in [5, 5.41) is 9.66. The fraction of sp³-hybridized carbons (Fsp3) is 0.0625. The second-order valence-corrected chi connectivity index (χ2v) is 5.45. The summed E-state index contributed by atoms with van der Waals surface area (Å²) in [7, 11) is 0. The molecule has 0 aliphatic rings. The molecule has 2 aromatic carbocycles. The molecule has 0 unspecified atom stereocenters. The van der Waals surface area contributed by atoms with Crippen molar-refractivity contribution in [2.45, 2.75) is 6.61 Å². The maximum absolute atomic E-state index is 10.9. The number of furan rings is 1. The van der Waals surface area contributed by atoms with Gasteiger partial charge in [0.2, 0.25) is 5.76 Å². The number of benzene rings is 2. The number of hydrogen-bond acceptors (Lipinski definition) is 3. The highest BCUT2D eigenvalue weighted by molar-refractivity contribution is 9.10. The van der Waals surface area contributed by atoms with E-state index in [0.717, 1.165) is 21.2 Å². The Balaban J connectivity index is 1.79. The number of hydrogen-bond donors (Lipinski definition) is 1. The van der Waals surface area contributed by atoms with Gasteiger partial charge in [-0.1, -0.05) is 28.1 Å². The van der Waals surface area contributed by atoms with Crippen LogP contribution in [0, 0.1) is 0 Å². The van der Waals surface area contributed by atoms with Crippen LogP contribution in [0.1, 0.15) is 16.1 Å². The highest BCUT2D eigenvalue weighted by Gasteiger charge is 2.10. The summed E-state index contributed by atoms with van der Waals surface area (Å²) in [6.45, 7) is 0.403. The molecule has 0 fully saturated rings. The molecule has 3 rings (SSSR count). The zero-order valence-electron chi connectivity index (χ0n) is 10.9. The maximum Gasteiger partial charge on any atom is 0.371 e. The molecule has 3 aromatic rings. The maximum atomic E-state index is 10.9. The summed E-state index contributed by atoms with van der Waals surface area (Å²) < 4.78 is 11.9. The Morgan fingerprint density at radius 3 is 2.81 bits per heavy atom. The van der Waals surface area contributed by atoms with E-state index in [9.17, 15) is 4.79 Å². The minimum Gasteiger partial charge on any atom is -0.489 e. The molecule has 21 heavy (non-hydrogen) atoms. The molecule has 0 atom stereocenters. The van der Waals surface area contributed by atoms with Crippen LogP contribution in [0.25, 0.3) is 11.0 Å². The fourth-order valence-electron chi connectivity index (χ4n) is 2.01. The van der Waals surface area contributed by atoms with E-state index in [1.54, 1.807) is 6.07 Å². The molecule has 5 heteroatoms. The molecule has 106 valence electrons. The molecule has 0 saturated carbocycles. The fourth-order valence-corrected chi connectivity index (χ4v) is 2.39. The molecule has 0 radical (unpaired) electrons. The van der Waals surface area contributed by atoms with Crippen LogP contribution in [0.4, 0.5) is 0 Å². The second-order valence-electron chi connectivity index (χ2n) is 4.53.